The van der Waals surface area contributed by atoms with Crippen LogP contribution in [0.5, 0.6) is 5.75 Å². The molecule has 0 radical (unpaired) electrons. The maximum absolute atomic E-state index is 13.4. The Kier molecular flexibility index (Phi) is 8.09. The lowest BCUT2D eigenvalue weighted by atomic mass is 9.88. The van der Waals surface area contributed by atoms with Crippen molar-refractivity contribution in [2.75, 3.05) is 12.4 Å². The Labute approximate surface area is 226 Å². The lowest BCUT2D eigenvalue weighted by Gasteiger charge is -2.18. The molecule has 194 valence electrons. The van der Waals surface area contributed by atoms with Gasteiger partial charge in [-0.3, -0.25) is 9.59 Å². The van der Waals surface area contributed by atoms with E-state index in [1.54, 1.807) is 23.6 Å². The van der Waals surface area contributed by atoms with Crippen LogP contribution in [0.15, 0.2) is 84.9 Å². The van der Waals surface area contributed by atoms with Gasteiger partial charge < -0.3 is 15.4 Å². The molecule has 0 unspecified atom stereocenters. The fourth-order valence-corrected chi connectivity index (χ4v) is 5.66. The van der Waals surface area contributed by atoms with Crippen molar-refractivity contribution in [3.63, 3.8) is 0 Å². The first kappa shape index (κ1) is 25.6. The third kappa shape index (κ3) is 6.08. The molecule has 2 amide bonds. The topological polar surface area (TPSA) is 85.2 Å². The minimum absolute atomic E-state index is 0.0320. The molecule has 0 aliphatic carbocycles. The number of hydrogen-bond acceptors (Lipinski definition) is 5. The van der Waals surface area contributed by atoms with Crippen LogP contribution < -0.4 is 15.4 Å². The Morgan fingerprint density at radius 3 is 2.21 bits per heavy atom. The van der Waals surface area contributed by atoms with Crippen molar-refractivity contribution in [1.82, 2.24) is 15.1 Å². The lowest BCUT2D eigenvalue weighted by Crippen LogP contribution is -2.29. The molecule has 5 rings (SSSR count). The molecule has 0 atom stereocenters. The van der Waals surface area contributed by atoms with Crippen LogP contribution >= 0.6 is 11.8 Å². The van der Waals surface area contributed by atoms with Crippen LogP contribution in [0.3, 0.4) is 0 Å². The summed E-state index contributed by atoms with van der Waals surface area (Å²) >= 11 is 1.76. The number of hydrogen-bond donors (Lipinski definition) is 2. The van der Waals surface area contributed by atoms with Gasteiger partial charge in [0.25, 0.3) is 0 Å². The summed E-state index contributed by atoms with van der Waals surface area (Å²) in [4.78, 5) is 26.2. The molecule has 38 heavy (non-hydrogen) atoms. The Bertz CT molecular complexity index is 1350. The van der Waals surface area contributed by atoms with Gasteiger partial charge >= 0.3 is 0 Å². The zero-order valence-electron chi connectivity index (χ0n) is 21.2. The van der Waals surface area contributed by atoms with Gasteiger partial charge in [-0.15, -0.1) is 0 Å². The third-order valence-electron chi connectivity index (χ3n) is 6.61. The summed E-state index contributed by atoms with van der Waals surface area (Å²) in [6.07, 6.45) is 0.283. The molecule has 4 aromatic rings. The second kappa shape index (κ2) is 12.0. The predicted octanol–water partition coefficient (Wildman–Crippen LogP) is 5.12. The van der Waals surface area contributed by atoms with Crippen molar-refractivity contribution < 1.29 is 14.3 Å². The third-order valence-corrected chi connectivity index (χ3v) is 7.58. The molecule has 7 nitrogen and oxygen atoms in total. The zero-order valence-corrected chi connectivity index (χ0v) is 22.0. The fourth-order valence-electron chi connectivity index (χ4n) is 4.62. The lowest BCUT2D eigenvalue weighted by molar-refractivity contribution is -0.122. The van der Waals surface area contributed by atoms with E-state index in [2.05, 4.69) is 40.0 Å². The molecule has 0 saturated carbocycles. The molecule has 3 aromatic carbocycles. The first-order valence-corrected chi connectivity index (χ1v) is 13.7. The van der Waals surface area contributed by atoms with Crippen molar-refractivity contribution in [2.24, 2.45) is 0 Å². The molecule has 0 spiro atoms. The van der Waals surface area contributed by atoms with Crippen LogP contribution in [0, 0.1) is 0 Å². The van der Waals surface area contributed by atoms with Gasteiger partial charge in [-0.25, -0.2) is 4.68 Å². The minimum atomic E-state index is -0.170. The normalized spacial score (nSPS) is 12.3. The van der Waals surface area contributed by atoms with E-state index >= 15 is 0 Å². The number of rotatable bonds is 10. The highest BCUT2D eigenvalue weighted by atomic mass is 32.2. The molecule has 0 bridgehead atoms. The molecule has 2 heterocycles. The van der Waals surface area contributed by atoms with Crippen LogP contribution in [-0.4, -0.2) is 28.7 Å². The fraction of sp³-hybridized carbons (Fsp3) is 0.233. The van der Waals surface area contributed by atoms with Crippen molar-refractivity contribution in [1.29, 1.82) is 0 Å². The number of fused-ring (bicyclic) bond motifs is 1. The number of amides is 2. The zero-order chi connectivity index (χ0) is 26.3. The Hall–Kier alpha value is -4.04. The van der Waals surface area contributed by atoms with Crippen molar-refractivity contribution in [3.8, 4) is 5.75 Å². The number of nitrogens with one attached hydrogen (secondary N) is 2. The van der Waals surface area contributed by atoms with Crippen LogP contribution in [0.1, 0.15) is 40.3 Å². The van der Waals surface area contributed by atoms with E-state index in [9.17, 15) is 9.59 Å². The molecule has 8 heteroatoms. The molecular weight excluding hydrogens is 496 g/mol. The van der Waals surface area contributed by atoms with Crippen molar-refractivity contribution in [3.05, 3.63) is 113 Å². The number of nitrogens with zero attached hydrogens (tertiary/aromatic N) is 2. The molecule has 1 aromatic heterocycles. The summed E-state index contributed by atoms with van der Waals surface area (Å²) in [6, 6.07) is 27.7. The van der Waals surface area contributed by atoms with Gasteiger partial charge in [0.1, 0.15) is 18.1 Å². The summed E-state index contributed by atoms with van der Waals surface area (Å²) in [5, 5.41) is 10.7. The number of ether oxygens (including phenoxy) is 1. The van der Waals surface area contributed by atoms with E-state index in [1.807, 2.05) is 60.7 Å². The van der Waals surface area contributed by atoms with E-state index in [-0.39, 0.29) is 30.7 Å². The number of aromatic nitrogens is 2. The molecule has 1 aliphatic rings. The SMILES string of the molecule is COc1ccc(CNC(=O)Cn2nc3c(c2NC(=O)CC(c2ccccc2)c2ccccc2)CSC3)cc1. The van der Waals surface area contributed by atoms with E-state index in [0.29, 0.717) is 12.4 Å². The van der Waals surface area contributed by atoms with Gasteiger partial charge in [-0.2, -0.15) is 16.9 Å². The van der Waals surface area contributed by atoms with Gasteiger partial charge in [-0.1, -0.05) is 72.8 Å². The number of carbonyl (C=O) groups excluding carboxylic acids is 2. The average Bonchev–Trinajstić information content (AvgIpc) is 3.54. The minimum Gasteiger partial charge on any atom is -0.497 e. The molecule has 1 aliphatic heterocycles. The summed E-state index contributed by atoms with van der Waals surface area (Å²) in [7, 11) is 1.62. The van der Waals surface area contributed by atoms with Crippen LogP contribution in [0.2, 0.25) is 0 Å². The van der Waals surface area contributed by atoms with E-state index in [4.69, 9.17) is 4.74 Å². The highest BCUT2D eigenvalue weighted by Crippen LogP contribution is 2.35. The average molecular weight is 527 g/mol. The highest BCUT2D eigenvalue weighted by Gasteiger charge is 2.26. The van der Waals surface area contributed by atoms with Crippen LogP contribution in [-0.2, 0) is 34.2 Å². The summed E-state index contributed by atoms with van der Waals surface area (Å²) in [5.74, 6) is 2.57. The standard InChI is InChI=1S/C30H30N4O3S/c1-37-24-14-12-21(13-15-24)17-31-29(36)18-34-30(26-19-38-20-27(26)33-34)32-28(35)16-25(22-8-4-2-5-9-22)23-10-6-3-7-11-23/h2-15,25H,16-20H2,1H3,(H,31,36)(H,32,35). The molecule has 0 fully saturated rings. The molecule has 0 saturated heterocycles. The highest BCUT2D eigenvalue weighted by molar-refractivity contribution is 7.98. The smallest absolute Gasteiger partial charge is 0.242 e. The molecule has 2 N–H and O–H groups in total. The van der Waals surface area contributed by atoms with Crippen molar-refractivity contribution >= 4 is 29.4 Å². The second-order valence-electron chi connectivity index (χ2n) is 9.18. The van der Waals surface area contributed by atoms with Gasteiger partial charge in [-0.05, 0) is 28.8 Å². The van der Waals surface area contributed by atoms with Gasteiger partial charge in [0.2, 0.25) is 11.8 Å². The number of methoxy groups -OCH3 is 1. The summed E-state index contributed by atoms with van der Waals surface area (Å²) in [5.41, 5.74) is 5.07. The second-order valence-corrected chi connectivity index (χ2v) is 10.2. The first-order chi connectivity index (χ1) is 18.6. The number of benzene rings is 3. The van der Waals surface area contributed by atoms with E-state index < -0.39 is 0 Å². The van der Waals surface area contributed by atoms with Gasteiger partial charge in [0.05, 0.1) is 12.8 Å². The van der Waals surface area contributed by atoms with E-state index in [1.165, 1.54) is 0 Å². The van der Waals surface area contributed by atoms with Crippen LogP contribution in [0.4, 0.5) is 5.82 Å². The first-order valence-electron chi connectivity index (χ1n) is 12.6. The largest absolute Gasteiger partial charge is 0.497 e. The molecular formula is C30H30N4O3S. The summed E-state index contributed by atoms with van der Waals surface area (Å²) in [6.45, 7) is 0.432. The van der Waals surface area contributed by atoms with Gasteiger partial charge in [0, 0.05) is 36.0 Å². The Morgan fingerprint density at radius 2 is 1.58 bits per heavy atom. The quantitative estimate of drug-likeness (QED) is 0.300. The maximum atomic E-state index is 13.4. The number of thioether (sulfide) groups is 1. The van der Waals surface area contributed by atoms with Gasteiger partial charge in [0.15, 0.2) is 0 Å². The summed E-state index contributed by atoms with van der Waals surface area (Å²) < 4.78 is 6.82. The van der Waals surface area contributed by atoms with Crippen LogP contribution in [0.25, 0.3) is 0 Å². The van der Waals surface area contributed by atoms with E-state index in [0.717, 1.165) is 45.2 Å². The monoisotopic (exact) mass is 526 g/mol. The van der Waals surface area contributed by atoms with Crippen molar-refractivity contribution in [2.45, 2.75) is 36.9 Å². The Morgan fingerprint density at radius 1 is 0.921 bits per heavy atom. The number of carbonyl (C=O) groups is 2. The predicted molar refractivity (Wildman–Crippen MR) is 150 cm³/mol. The maximum Gasteiger partial charge on any atom is 0.242 e. The Balaban J connectivity index is 1.29. The number of anilines is 1.